The molecule has 0 amide bonds. The maximum atomic E-state index is 11.6. The van der Waals surface area contributed by atoms with Gasteiger partial charge in [-0.1, -0.05) is 18.3 Å². The van der Waals surface area contributed by atoms with Gasteiger partial charge in [-0.3, -0.25) is 15.1 Å². The van der Waals surface area contributed by atoms with Crippen LogP contribution in [-0.2, 0) is 16.1 Å². The van der Waals surface area contributed by atoms with Crippen LogP contribution in [0, 0.1) is 11.8 Å². The molecule has 1 fully saturated rings. The third-order valence-electron chi connectivity index (χ3n) is 3.25. The van der Waals surface area contributed by atoms with E-state index in [9.17, 15) is 4.79 Å². The van der Waals surface area contributed by atoms with E-state index in [0.717, 1.165) is 24.5 Å². The molecule has 2 unspecified atom stereocenters. The van der Waals surface area contributed by atoms with Gasteiger partial charge in [-0.2, -0.15) is 0 Å². The molecule has 1 aliphatic rings. The Morgan fingerprint density at radius 3 is 3.11 bits per heavy atom. The van der Waals surface area contributed by atoms with Crippen molar-refractivity contribution in [2.24, 2.45) is 17.7 Å². The molecule has 2 rings (SSSR count). The van der Waals surface area contributed by atoms with E-state index in [2.05, 4.69) is 22.2 Å². The average Bonchev–Trinajstić information content (AvgIpc) is 2.95. The Balaban J connectivity index is 1.94. The van der Waals surface area contributed by atoms with Gasteiger partial charge in [-0.05, 0) is 5.92 Å². The van der Waals surface area contributed by atoms with Gasteiger partial charge in [0, 0.05) is 30.7 Å². The monoisotopic (exact) mass is 270 g/mol. The highest BCUT2D eigenvalue weighted by Gasteiger charge is 2.35. The molecule has 0 radical (unpaired) electrons. The van der Waals surface area contributed by atoms with Crippen LogP contribution in [0.1, 0.15) is 11.8 Å². The lowest BCUT2D eigenvalue weighted by atomic mass is 9.99. The van der Waals surface area contributed by atoms with Gasteiger partial charge < -0.3 is 4.74 Å². The number of hydrogen-bond acceptors (Lipinski definition) is 7. The lowest BCUT2D eigenvalue weighted by Crippen LogP contribution is -2.24. The summed E-state index contributed by atoms with van der Waals surface area (Å²) in [5.74, 6) is 5.50. The van der Waals surface area contributed by atoms with Crippen LogP contribution < -0.4 is 11.3 Å². The molecular formula is C11H18N4O2S. The smallest absolute Gasteiger partial charge is 0.310 e. The number of nitrogens with two attached hydrogens (primary N) is 1. The normalized spacial score (nSPS) is 24.2. The molecule has 1 aliphatic heterocycles. The fourth-order valence-corrected chi connectivity index (χ4v) is 3.09. The molecule has 0 aromatic carbocycles. The molecule has 6 nitrogen and oxygen atoms in total. The zero-order valence-electron chi connectivity index (χ0n) is 10.5. The molecule has 7 heteroatoms. The SMILES string of the molecule is COC(=O)C1CN(Cc2cnc(NN)s2)CC1C. The van der Waals surface area contributed by atoms with E-state index < -0.39 is 0 Å². The van der Waals surface area contributed by atoms with Crippen molar-refractivity contribution >= 4 is 22.4 Å². The Hall–Kier alpha value is -1.18. The van der Waals surface area contributed by atoms with E-state index in [0.29, 0.717) is 11.0 Å². The molecule has 0 aliphatic carbocycles. The molecule has 0 spiro atoms. The summed E-state index contributed by atoms with van der Waals surface area (Å²) in [5.41, 5.74) is 2.53. The van der Waals surface area contributed by atoms with E-state index in [1.54, 1.807) is 0 Å². The van der Waals surface area contributed by atoms with Crippen molar-refractivity contribution in [1.29, 1.82) is 0 Å². The van der Waals surface area contributed by atoms with Gasteiger partial charge in [0.05, 0.1) is 13.0 Å². The van der Waals surface area contributed by atoms with Gasteiger partial charge in [-0.25, -0.2) is 10.8 Å². The molecule has 2 atom stereocenters. The van der Waals surface area contributed by atoms with E-state index in [-0.39, 0.29) is 11.9 Å². The van der Waals surface area contributed by atoms with Crippen LogP contribution in [0.3, 0.4) is 0 Å². The second kappa shape index (κ2) is 5.64. The molecule has 0 bridgehead atoms. The molecule has 18 heavy (non-hydrogen) atoms. The highest BCUT2D eigenvalue weighted by molar-refractivity contribution is 7.15. The van der Waals surface area contributed by atoms with E-state index in [4.69, 9.17) is 10.6 Å². The summed E-state index contributed by atoms with van der Waals surface area (Å²) in [7, 11) is 1.44. The number of hydrogen-bond donors (Lipinski definition) is 2. The number of aromatic nitrogens is 1. The molecule has 100 valence electrons. The summed E-state index contributed by atoms with van der Waals surface area (Å²) in [4.78, 5) is 19.1. The highest BCUT2D eigenvalue weighted by Crippen LogP contribution is 2.27. The fraction of sp³-hybridized carbons (Fsp3) is 0.636. The van der Waals surface area contributed by atoms with Crippen LogP contribution in [0.15, 0.2) is 6.20 Å². The Kier molecular flexibility index (Phi) is 4.15. The number of methoxy groups -OCH3 is 1. The first kappa shape index (κ1) is 13.3. The number of carbonyl (C=O) groups is 1. The van der Waals surface area contributed by atoms with Crippen LogP contribution in [0.4, 0.5) is 5.13 Å². The quantitative estimate of drug-likeness (QED) is 0.475. The average molecular weight is 270 g/mol. The first-order chi connectivity index (χ1) is 8.63. The number of anilines is 1. The molecule has 3 N–H and O–H groups in total. The Labute approximate surface area is 110 Å². The molecule has 2 heterocycles. The fourth-order valence-electron chi connectivity index (χ4n) is 2.32. The van der Waals surface area contributed by atoms with Gasteiger partial charge in [-0.15, -0.1) is 0 Å². The van der Waals surface area contributed by atoms with Crippen molar-refractivity contribution in [3.05, 3.63) is 11.1 Å². The Morgan fingerprint density at radius 1 is 1.72 bits per heavy atom. The number of nitrogen functional groups attached to an aromatic ring is 1. The number of ether oxygens (including phenoxy) is 1. The summed E-state index contributed by atoms with van der Waals surface area (Å²) in [5, 5.41) is 0.710. The zero-order chi connectivity index (χ0) is 13.1. The van der Waals surface area contributed by atoms with Crippen molar-refractivity contribution in [3.8, 4) is 0 Å². The van der Waals surface area contributed by atoms with Crippen molar-refractivity contribution < 1.29 is 9.53 Å². The summed E-state index contributed by atoms with van der Waals surface area (Å²) >= 11 is 1.53. The maximum Gasteiger partial charge on any atom is 0.310 e. The lowest BCUT2D eigenvalue weighted by Gasteiger charge is -2.13. The Bertz CT molecular complexity index is 423. The van der Waals surface area contributed by atoms with Crippen molar-refractivity contribution in [2.45, 2.75) is 13.5 Å². The number of esters is 1. The summed E-state index contributed by atoms with van der Waals surface area (Å²) < 4.78 is 4.82. The third kappa shape index (κ3) is 2.80. The summed E-state index contributed by atoms with van der Waals surface area (Å²) in [6, 6.07) is 0. The van der Waals surface area contributed by atoms with Gasteiger partial charge in [0.15, 0.2) is 5.13 Å². The molecule has 1 aromatic rings. The van der Waals surface area contributed by atoms with Crippen LogP contribution in [0.2, 0.25) is 0 Å². The third-order valence-corrected chi connectivity index (χ3v) is 4.16. The van der Waals surface area contributed by atoms with E-state index >= 15 is 0 Å². The topological polar surface area (TPSA) is 80.5 Å². The molecule has 1 saturated heterocycles. The van der Waals surface area contributed by atoms with Gasteiger partial charge >= 0.3 is 5.97 Å². The van der Waals surface area contributed by atoms with Crippen LogP contribution in [-0.4, -0.2) is 36.1 Å². The molecule has 1 aromatic heterocycles. The number of likely N-dealkylation sites (tertiary alicyclic amines) is 1. The Morgan fingerprint density at radius 2 is 2.50 bits per heavy atom. The lowest BCUT2D eigenvalue weighted by molar-refractivity contribution is -0.146. The predicted octanol–water partition coefficient (Wildman–Crippen LogP) is 0.670. The second-order valence-corrected chi connectivity index (χ2v) is 5.69. The first-order valence-corrected chi connectivity index (χ1v) is 6.67. The molecule has 0 saturated carbocycles. The molecular weight excluding hydrogens is 252 g/mol. The van der Waals surface area contributed by atoms with Crippen LogP contribution in [0.5, 0.6) is 0 Å². The van der Waals surface area contributed by atoms with Gasteiger partial charge in [0.1, 0.15) is 0 Å². The van der Waals surface area contributed by atoms with E-state index in [1.165, 1.54) is 18.4 Å². The van der Waals surface area contributed by atoms with Gasteiger partial charge in [0.25, 0.3) is 0 Å². The summed E-state index contributed by atoms with van der Waals surface area (Å²) in [6.07, 6.45) is 1.82. The minimum absolute atomic E-state index is 0.0185. The summed E-state index contributed by atoms with van der Waals surface area (Å²) in [6.45, 7) is 4.54. The highest BCUT2D eigenvalue weighted by atomic mass is 32.1. The number of rotatable bonds is 4. The first-order valence-electron chi connectivity index (χ1n) is 5.85. The minimum Gasteiger partial charge on any atom is -0.469 e. The number of thiazole rings is 1. The van der Waals surface area contributed by atoms with Crippen molar-refractivity contribution in [2.75, 3.05) is 25.6 Å². The van der Waals surface area contributed by atoms with E-state index in [1.807, 2.05) is 6.20 Å². The predicted molar refractivity (Wildman–Crippen MR) is 69.9 cm³/mol. The van der Waals surface area contributed by atoms with Crippen molar-refractivity contribution in [1.82, 2.24) is 9.88 Å². The largest absolute Gasteiger partial charge is 0.469 e. The second-order valence-electron chi connectivity index (χ2n) is 4.58. The minimum atomic E-state index is -0.112. The number of carbonyl (C=O) groups excluding carboxylic acids is 1. The number of nitrogens with zero attached hydrogens (tertiary/aromatic N) is 2. The van der Waals surface area contributed by atoms with Crippen LogP contribution >= 0.6 is 11.3 Å². The van der Waals surface area contributed by atoms with Crippen molar-refractivity contribution in [3.63, 3.8) is 0 Å². The van der Waals surface area contributed by atoms with Crippen LogP contribution in [0.25, 0.3) is 0 Å². The van der Waals surface area contributed by atoms with Gasteiger partial charge in [0.2, 0.25) is 0 Å². The standard InChI is InChI=1S/C11H18N4O2S/c1-7-4-15(6-9(7)10(16)17-2)5-8-3-13-11(14-12)18-8/h3,7,9H,4-6,12H2,1-2H3,(H,13,14). The zero-order valence-corrected chi connectivity index (χ0v) is 11.4. The maximum absolute atomic E-state index is 11.6. The number of nitrogens with one attached hydrogen (secondary N) is 1. The number of hydrazine groups is 1.